The minimum atomic E-state index is -0.429. The van der Waals surface area contributed by atoms with Crippen molar-refractivity contribution in [2.24, 2.45) is 0 Å². The minimum Gasteiger partial charge on any atom is -0.294 e. The number of imide groups is 1. The van der Waals surface area contributed by atoms with Crippen LogP contribution in [0.1, 0.15) is 36.6 Å². The Balaban J connectivity index is 1.96. The van der Waals surface area contributed by atoms with Gasteiger partial charge >= 0.3 is 0 Å². The molecule has 0 saturated carbocycles. The molecule has 0 atom stereocenters. The van der Waals surface area contributed by atoms with Crippen molar-refractivity contribution in [1.29, 1.82) is 0 Å². The highest BCUT2D eigenvalue weighted by Gasteiger charge is 2.29. The van der Waals surface area contributed by atoms with Crippen LogP contribution in [0.2, 0.25) is 0 Å². The molecular weight excluding hydrogens is 254 g/mol. The van der Waals surface area contributed by atoms with Crippen LogP contribution < -0.4 is 5.32 Å². The van der Waals surface area contributed by atoms with Crippen LogP contribution in [0.5, 0.6) is 0 Å². The molecular formula is C16H11NO3. The molecule has 3 rings (SSSR count). The monoisotopic (exact) mass is 265 g/mol. The maximum Gasteiger partial charge on any atom is 0.259 e. The second-order valence-corrected chi connectivity index (χ2v) is 4.59. The zero-order valence-corrected chi connectivity index (χ0v) is 10.6. The topological polar surface area (TPSA) is 63.2 Å². The number of rotatable bonds is 3. The Morgan fingerprint density at radius 1 is 0.900 bits per heavy atom. The Bertz CT molecular complexity index is 720. The average molecular weight is 265 g/mol. The summed E-state index contributed by atoms with van der Waals surface area (Å²) in [5.41, 5.74) is 1.84. The van der Waals surface area contributed by atoms with E-state index in [0.29, 0.717) is 22.3 Å². The normalized spacial score (nSPS) is 13.0. The van der Waals surface area contributed by atoms with Crippen molar-refractivity contribution in [1.82, 2.24) is 5.32 Å². The molecule has 0 aliphatic carbocycles. The van der Waals surface area contributed by atoms with Gasteiger partial charge in [-0.3, -0.25) is 19.7 Å². The van der Waals surface area contributed by atoms with Crippen molar-refractivity contribution < 1.29 is 14.4 Å². The maximum atomic E-state index is 12.2. The molecule has 98 valence electrons. The number of carbonyl (C=O) groups is 3. The predicted octanol–water partition coefficient (Wildman–Crippen LogP) is 2.00. The lowest BCUT2D eigenvalue weighted by molar-refractivity contribution is 0.0879. The first-order valence-corrected chi connectivity index (χ1v) is 6.22. The number of ketones is 1. The molecule has 20 heavy (non-hydrogen) atoms. The number of amides is 2. The summed E-state index contributed by atoms with van der Waals surface area (Å²) >= 11 is 0. The van der Waals surface area contributed by atoms with Gasteiger partial charge in [0.1, 0.15) is 0 Å². The van der Waals surface area contributed by atoms with E-state index in [-0.39, 0.29) is 12.2 Å². The highest BCUT2D eigenvalue weighted by molar-refractivity contribution is 6.22. The number of fused-ring (bicyclic) bond motifs is 1. The van der Waals surface area contributed by atoms with Crippen LogP contribution in [0.25, 0.3) is 0 Å². The summed E-state index contributed by atoms with van der Waals surface area (Å²) in [6.07, 6.45) is 0.105. The van der Waals surface area contributed by atoms with Crippen molar-refractivity contribution in [3.05, 3.63) is 70.8 Å². The van der Waals surface area contributed by atoms with Crippen LogP contribution in [0.4, 0.5) is 0 Å². The van der Waals surface area contributed by atoms with Gasteiger partial charge in [-0.2, -0.15) is 0 Å². The van der Waals surface area contributed by atoms with Crippen LogP contribution in [-0.2, 0) is 6.42 Å². The molecule has 1 N–H and O–H groups in total. The SMILES string of the molecule is O=C(Cc1cccc2c1C(=O)NC2=O)c1ccccc1. The Morgan fingerprint density at radius 3 is 2.40 bits per heavy atom. The molecule has 2 aromatic rings. The van der Waals surface area contributed by atoms with E-state index in [4.69, 9.17) is 0 Å². The summed E-state index contributed by atoms with van der Waals surface area (Å²) in [5, 5.41) is 2.25. The van der Waals surface area contributed by atoms with Gasteiger partial charge in [-0.15, -0.1) is 0 Å². The molecule has 0 bridgehead atoms. The molecule has 0 saturated heterocycles. The van der Waals surface area contributed by atoms with E-state index in [9.17, 15) is 14.4 Å². The van der Waals surface area contributed by atoms with Gasteiger partial charge in [-0.25, -0.2) is 0 Å². The minimum absolute atomic E-state index is 0.0776. The van der Waals surface area contributed by atoms with Crippen molar-refractivity contribution >= 4 is 17.6 Å². The van der Waals surface area contributed by atoms with Crippen molar-refractivity contribution in [2.45, 2.75) is 6.42 Å². The van der Waals surface area contributed by atoms with Gasteiger partial charge in [-0.05, 0) is 11.6 Å². The summed E-state index contributed by atoms with van der Waals surface area (Å²) < 4.78 is 0. The predicted molar refractivity (Wildman–Crippen MR) is 72.7 cm³/mol. The van der Waals surface area contributed by atoms with E-state index in [2.05, 4.69) is 5.32 Å². The Kier molecular flexibility index (Phi) is 2.91. The smallest absolute Gasteiger partial charge is 0.259 e. The Hall–Kier alpha value is -2.75. The molecule has 4 nitrogen and oxygen atoms in total. The van der Waals surface area contributed by atoms with Gasteiger partial charge in [0.2, 0.25) is 0 Å². The molecule has 1 aliphatic heterocycles. The van der Waals surface area contributed by atoms with Crippen molar-refractivity contribution in [2.75, 3.05) is 0 Å². The first kappa shape index (κ1) is 12.3. The summed E-state index contributed by atoms with van der Waals surface area (Å²) in [6.45, 7) is 0. The first-order valence-electron chi connectivity index (χ1n) is 6.22. The third-order valence-electron chi connectivity index (χ3n) is 3.30. The Labute approximate surface area is 115 Å². The van der Waals surface area contributed by atoms with E-state index in [1.165, 1.54) is 0 Å². The van der Waals surface area contributed by atoms with Gasteiger partial charge in [-0.1, -0.05) is 42.5 Å². The van der Waals surface area contributed by atoms with Crippen molar-refractivity contribution in [3.63, 3.8) is 0 Å². The second kappa shape index (κ2) is 4.74. The fourth-order valence-electron chi connectivity index (χ4n) is 2.34. The lowest BCUT2D eigenvalue weighted by Gasteiger charge is -2.05. The van der Waals surface area contributed by atoms with E-state index in [1.807, 2.05) is 6.07 Å². The van der Waals surface area contributed by atoms with Crippen LogP contribution in [0.3, 0.4) is 0 Å². The molecule has 0 fully saturated rings. The van der Waals surface area contributed by atoms with E-state index >= 15 is 0 Å². The van der Waals surface area contributed by atoms with Gasteiger partial charge in [0.15, 0.2) is 5.78 Å². The molecule has 1 heterocycles. The number of benzene rings is 2. The van der Waals surface area contributed by atoms with Gasteiger partial charge < -0.3 is 0 Å². The van der Waals surface area contributed by atoms with Gasteiger partial charge in [0.05, 0.1) is 11.1 Å². The molecule has 4 heteroatoms. The molecule has 0 unspecified atom stereocenters. The summed E-state index contributed by atoms with van der Waals surface area (Å²) in [5.74, 6) is -0.911. The zero-order valence-electron chi connectivity index (χ0n) is 10.6. The number of nitrogens with one attached hydrogen (secondary N) is 1. The zero-order chi connectivity index (χ0) is 14.1. The molecule has 2 aromatic carbocycles. The highest BCUT2D eigenvalue weighted by Crippen LogP contribution is 2.21. The third kappa shape index (κ3) is 2.01. The fraction of sp³-hybridized carbons (Fsp3) is 0.0625. The van der Waals surface area contributed by atoms with E-state index < -0.39 is 11.8 Å². The third-order valence-corrected chi connectivity index (χ3v) is 3.30. The van der Waals surface area contributed by atoms with E-state index in [1.54, 1.807) is 42.5 Å². The van der Waals surface area contributed by atoms with Crippen LogP contribution in [0.15, 0.2) is 48.5 Å². The number of Topliss-reactive ketones (excluding diaryl/α,β-unsaturated/α-hetero) is 1. The summed E-state index contributed by atoms with van der Waals surface area (Å²) in [4.78, 5) is 35.5. The molecule has 0 aromatic heterocycles. The fourth-order valence-corrected chi connectivity index (χ4v) is 2.34. The number of hydrogen-bond acceptors (Lipinski definition) is 3. The molecule has 1 aliphatic rings. The lowest BCUT2D eigenvalue weighted by Crippen LogP contribution is -2.20. The molecule has 0 spiro atoms. The average Bonchev–Trinajstić information content (AvgIpc) is 2.76. The van der Waals surface area contributed by atoms with Crippen molar-refractivity contribution in [3.8, 4) is 0 Å². The molecule has 0 radical (unpaired) electrons. The van der Waals surface area contributed by atoms with E-state index in [0.717, 1.165) is 0 Å². The van der Waals surface area contributed by atoms with Gasteiger partial charge in [0.25, 0.3) is 11.8 Å². The number of carbonyl (C=O) groups excluding carboxylic acids is 3. The van der Waals surface area contributed by atoms with Crippen LogP contribution >= 0.6 is 0 Å². The maximum absolute atomic E-state index is 12.2. The number of hydrogen-bond donors (Lipinski definition) is 1. The van der Waals surface area contributed by atoms with Crippen LogP contribution in [-0.4, -0.2) is 17.6 Å². The quantitative estimate of drug-likeness (QED) is 0.682. The van der Waals surface area contributed by atoms with Crippen LogP contribution in [0, 0.1) is 0 Å². The highest BCUT2D eigenvalue weighted by atomic mass is 16.2. The summed E-state index contributed by atoms with van der Waals surface area (Å²) in [7, 11) is 0. The van der Waals surface area contributed by atoms with Gasteiger partial charge in [0, 0.05) is 12.0 Å². The Morgan fingerprint density at radius 2 is 1.65 bits per heavy atom. The largest absolute Gasteiger partial charge is 0.294 e. The molecule has 2 amide bonds. The lowest BCUT2D eigenvalue weighted by atomic mass is 9.96. The standard InChI is InChI=1S/C16H11NO3/c18-13(10-5-2-1-3-6-10)9-11-7-4-8-12-14(11)16(20)17-15(12)19/h1-8H,9H2,(H,17,19,20). The first-order chi connectivity index (χ1) is 9.66. The summed E-state index contributed by atoms with van der Waals surface area (Å²) in [6, 6.07) is 13.9. The second-order valence-electron chi connectivity index (χ2n) is 4.59.